The number of hydrogen-bond donors (Lipinski definition) is 1. The van der Waals surface area contributed by atoms with Gasteiger partial charge in [-0.1, -0.05) is 29.8 Å². The molecule has 4 nitrogen and oxygen atoms in total. The molecule has 0 bridgehead atoms. The molecule has 0 saturated carbocycles. The van der Waals surface area contributed by atoms with E-state index in [4.69, 9.17) is 21.1 Å². The van der Waals surface area contributed by atoms with Gasteiger partial charge in [-0.15, -0.1) is 0 Å². The van der Waals surface area contributed by atoms with Gasteiger partial charge in [0.05, 0.1) is 19.3 Å². The van der Waals surface area contributed by atoms with Crippen molar-refractivity contribution >= 4 is 11.6 Å². The van der Waals surface area contributed by atoms with Crippen LogP contribution < -0.4 is 14.8 Å². The van der Waals surface area contributed by atoms with Crippen molar-refractivity contribution in [2.24, 2.45) is 0 Å². The fraction of sp³-hybridized carbons (Fsp3) is 0.455. The second-order valence-electron chi connectivity index (χ2n) is 6.67. The van der Waals surface area contributed by atoms with Crippen LogP contribution in [0.5, 0.6) is 11.5 Å². The molecule has 0 radical (unpaired) electrons. The van der Waals surface area contributed by atoms with Gasteiger partial charge < -0.3 is 14.8 Å². The van der Waals surface area contributed by atoms with Crippen molar-refractivity contribution in [2.75, 3.05) is 39.4 Å². The first-order valence-electron chi connectivity index (χ1n) is 9.82. The fourth-order valence-corrected chi connectivity index (χ4v) is 3.75. The van der Waals surface area contributed by atoms with Crippen LogP contribution in [-0.2, 0) is 0 Å². The number of nitrogens with zero attached hydrogens (tertiary/aromatic N) is 1. The number of halogens is 1. The average Bonchev–Trinajstić information content (AvgIpc) is 2.95. The number of rotatable bonds is 7. The summed E-state index contributed by atoms with van der Waals surface area (Å²) in [5, 5.41) is 4.26. The standard InChI is InChI=1S/C22H29ClN2O2/c1-3-26-20-11-8-18(16-21(20)27-4-2)22(17-6-9-19(23)10-7-17)25-14-5-12-24-13-15-25/h6-11,16,22,24H,3-5,12-15H2,1-2H3. The molecule has 2 aromatic rings. The first kappa shape index (κ1) is 20.0. The van der Waals surface area contributed by atoms with E-state index in [2.05, 4.69) is 34.5 Å². The summed E-state index contributed by atoms with van der Waals surface area (Å²) in [5.74, 6) is 1.61. The molecule has 0 spiro atoms. The van der Waals surface area contributed by atoms with Gasteiger partial charge in [-0.05, 0) is 62.2 Å². The van der Waals surface area contributed by atoms with Crippen LogP contribution in [0.1, 0.15) is 37.4 Å². The van der Waals surface area contributed by atoms with Crippen molar-refractivity contribution in [3.05, 3.63) is 58.6 Å². The molecule has 3 rings (SSSR count). The van der Waals surface area contributed by atoms with Crippen molar-refractivity contribution in [3.63, 3.8) is 0 Å². The minimum absolute atomic E-state index is 0.164. The molecule has 1 heterocycles. The maximum absolute atomic E-state index is 6.14. The highest BCUT2D eigenvalue weighted by Crippen LogP contribution is 2.36. The normalized spacial score (nSPS) is 16.6. The topological polar surface area (TPSA) is 33.7 Å². The molecule has 1 saturated heterocycles. The Bertz CT molecular complexity index is 713. The molecule has 1 aliphatic heterocycles. The molecule has 0 amide bonds. The van der Waals surface area contributed by atoms with Crippen molar-refractivity contribution in [3.8, 4) is 11.5 Å². The van der Waals surface area contributed by atoms with Gasteiger partial charge in [0.25, 0.3) is 0 Å². The first-order chi connectivity index (χ1) is 13.2. The third kappa shape index (κ3) is 5.16. The van der Waals surface area contributed by atoms with E-state index in [1.165, 1.54) is 11.1 Å². The van der Waals surface area contributed by atoms with Crippen LogP contribution in [0.25, 0.3) is 0 Å². The molecule has 1 atom stereocenters. The Balaban J connectivity index is 2.00. The Kier molecular flexibility index (Phi) is 7.39. The summed E-state index contributed by atoms with van der Waals surface area (Å²) in [6.45, 7) is 9.35. The lowest BCUT2D eigenvalue weighted by Crippen LogP contribution is -2.33. The highest BCUT2D eigenvalue weighted by molar-refractivity contribution is 6.30. The number of nitrogens with one attached hydrogen (secondary N) is 1. The fourth-order valence-electron chi connectivity index (χ4n) is 3.62. The third-order valence-corrected chi connectivity index (χ3v) is 5.06. The summed E-state index contributed by atoms with van der Waals surface area (Å²) in [7, 11) is 0. The number of benzene rings is 2. The molecular weight excluding hydrogens is 360 g/mol. The smallest absolute Gasteiger partial charge is 0.161 e. The number of hydrogen-bond acceptors (Lipinski definition) is 4. The third-order valence-electron chi connectivity index (χ3n) is 4.81. The minimum Gasteiger partial charge on any atom is -0.490 e. The van der Waals surface area contributed by atoms with Crippen LogP contribution in [0.4, 0.5) is 0 Å². The molecule has 1 fully saturated rings. The molecule has 1 N–H and O–H groups in total. The Morgan fingerprint density at radius 1 is 0.926 bits per heavy atom. The zero-order valence-electron chi connectivity index (χ0n) is 16.2. The molecule has 0 aromatic heterocycles. The van der Waals surface area contributed by atoms with E-state index in [9.17, 15) is 0 Å². The zero-order chi connectivity index (χ0) is 19.1. The van der Waals surface area contributed by atoms with E-state index in [1.54, 1.807) is 0 Å². The number of ether oxygens (including phenoxy) is 2. The SMILES string of the molecule is CCOc1ccc(C(c2ccc(Cl)cc2)N2CCCNCC2)cc1OCC. The van der Waals surface area contributed by atoms with Gasteiger partial charge in [0.1, 0.15) is 0 Å². The second kappa shape index (κ2) is 9.98. The van der Waals surface area contributed by atoms with E-state index in [1.807, 2.05) is 32.0 Å². The Morgan fingerprint density at radius 2 is 1.63 bits per heavy atom. The average molecular weight is 389 g/mol. The lowest BCUT2D eigenvalue weighted by Gasteiger charge is -2.32. The molecule has 1 unspecified atom stereocenters. The van der Waals surface area contributed by atoms with Gasteiger partial charge >= 0.3 is 0 Å². The molecule has 27 heavy (non-hydrogen) atoms. The van der Waals surface area contributed by atoms with Crippen molar-refractivity contribution in [1.82, 2.24) is 10.2 Å². The molecule has 1 aliphatic rings. The molecule has 0 aliphatic carbocycles. The van der Waals surface area contributed by atoms with Crippen LogP contribution in [0.3, 0.4) is 0 Å². The lowest BCUT2D eigenvalue weighted by molar-refractivity contribution is 0.239. The Labute approximate surface area is 167 Å². The largest absolute Gasteiger partial charge is 0.490 e. The lowest BCUT2D eigenvalue weighted by atomic mass is 9.96. The predicted octanol–water partition coefficient (Wildman–Crippen LogP) is 4.52. The van der Waals surface area contributed by atoms with E-state index in [-0.39, 0.29) is 6.04 Å². The predicted molar refractivity (Wildman–Crippen MR) is 111 cm³/mol. The van der Waals surface area contributed by atoms with E-state index in [0.29, 0.717) is 13.2 Å². The summed E-state index contributed by atoms with van der Waals surface area (Å²) in [5.41, 5.74) is 2.46. The molecule has 5 heteroatoms. The monoisotopic (exact) mass is 388 g/mol. The summed E-state index contributed by atoms with van der Waals surface area (Å²) < 4.78 is 11.6. The summed E-state index contributed by atoms with van der Waals surface area (Å²) >= 11 is 6.14. The van der Waals surface area contributed by atoms with Gasteiger partial charge in [0.15, 0.2) is 11.5 Å². The maximum atomic E-state index is 6.14. The van der Waals surface area contributed by atoms with E-state index in [0.717, 1.165) is 49.1 Å². The second-order valence-corrected chi connectivity index (χ2v) is 7.10. The zero-order valence-corrected chi connectivity index (χ0v) is 17.0. The van der Waals surface area contributed by atoms with Crippen molar-refractivity contribution in [1.29, 1.82) is 0 Å². The van der Waals surface area contributed by atoms with Crippen LogP contribution in [-0.4, -0.2) is 44.3 Å². The van der Waals surface area contributed by atoms with Crippen LogP contribution in [0.15, 0.2) is 42.5 Å². The van der Waals surface area contributed by atoms with Crippen molar-refractivity contribution in [2.45, 2.75) is 26.3 Å². The van der Waals surface area contributed by atoms with Gasteiger partial charge in [-0.25, -0.2) is 0 Å². The first-order valence-corrected chi connectivity index (χ1v) is 10.2. The molecule has 2 aromatic carbocycles. The Hall–Kier alpha value is -1.75. The maximum Gasteiger partial charge on any atom is 0.161 e. The van der Waals surface area contributed by atoms with Gasteiger partial charge in [0, 0.05) is 24.7 Å². The van der Waals surface area contributed by atoms with Crippen LogP contribution in [0, 0.1) is 0 Å². The van der Waals surface area contributed by atoms with Crippen molar-refractivity contribution < 1.29 is 9.47 Å². The highest BCUT2D eigenvalue weighted by atomic mass is 35.5. The summed E-state index contributed by atoms with van der Waals surface area (Å²) in [6, 6.07) is 14.7. The molecule has 146 valence electrons. The highest BCUT2D eigenvalue weighted by Gasteiger charge is 2.24. The summed E-state index contributed by atoms with van der Waals surface area (Å²) in [4.78, 5) is 2.54. The van der Waals surface area contributed by atoms with Crippen LogP contribution >= 0.6 is 11.6 Å². The van der Waals surface area contributed by atoms with E-state index < -0.39 is 0 Å². The Morgan fingerprint density at radius 3 is 2.37 bits per heavy atom. The van der Waals surface area contributed by atoms with E-state index >= 15 is 0 Å². The van der Waals surface area contributed by atoms with Gasteiger partial charge in [-0.3, -0.25) is 4.90 Å². The molecular formula is C22H29ClN2O2. The minimum atomic E-state index is 0.164. The van der Waals surface area contributed by atoms with Crippen LogP contribution in [0.2, 0.25) is 5.02 Å². The quantitative estimate of drug-likeness (QED) is 0.756. The van der Waals surface area contributed by atoms with Gasteiger partial charge in [-0.2, -0.15) is 0 Å². The summed E-state index contributed by atoms with van der Waals surface area (Å²) in [6.07, 6.45) is 1.14. The van der Waals surface area contributed by atoms with Gasteiger partial charge in [0.2, 0.25) is 0 Å².